The van der Waals surface area contributed by atoms with Gasteiger partial charge >= 0.3 is 0 Å². The second-order valence-corrected chi connectivity index (χ2v) is 5.53. The molecule has 0 bridgehead atoms. The van der Waals surface area contributed by atoms with Gasteiger partial charge in [0.15, 0.2) is 5.96 Å². The maximum Gasteiger partial charge on any atom is 0.191 e. The summed E-state index contributed by atoms with van der Waals surface area (Å²) in [6.07, 6.45) is 0.878. The van der Waals surface area contributed by atoms with Gasteiger partial charge in [0.25, 0.3) is 0 Å². The average molecular weight is 469 g/mol. The molecule has 0 heterocycles. The molecule has 6 heteroatoms. The molecule has 2 aromatic rings. The fraction of sp³-hybridized carbons (Fsp3) is 0.350. The summed E-state index contributed by atoms with van der Waals surface area (Å²) in [6.45, 7) is 2.11. The van der Waals surface area contributed by atoms with Crippen LogP contribution in [0.5, 0.6) is 5.75 Å². The van der Waals surface area contributed by atoms with Crippen LogP contribution in [0.25, 0.3) is 0 Å². The highest BCUT2D eigenvalue weighted by Gasteiger charge is 2.10. The van der Waals surface area contributed by atoms with Crippen LogP contribution in [0.4, 0.5) is 0 Å². The topological polar surface area (TPSA) is 54.9 Å². The van der Waals surface area contributed by atoms with E-state index in [2.05, 4.69) is 27.8 Å². The van der Waals surface area contributed by atoms with Gasteiger partial charge in [-0.2, -0.15) is 0 Å². The smallest absolute Gasteiger partial charge is 0.191 e. The first-order valence-corrected chi connectivity index (χ1v) is 8.53. The Morgan fingerprint density at radius 1 is 1.00 bits per heavy atom. The van der Waals surface area contributed by atoms with Crippen molar-refractivity contribution in [2.75, 3.05) is 33.9 Å². The SMILES string of the molecule is CN=C(NCCCOc1ccccc1)NCC(OC)c1ccccc1.I. The number of rotatable bonds is 9. The van der Waals surface area contributed by atoms with Crippen molar-refractivity contribution in [3.8, 4) is 5.75 Å². The van der Waals surface area contributed by atoms with E-state index in [1.54, 1.807) is 14.2 Å². The van der Waals surface area contributed by atoms with E-state index >= 15 is 0 Å². The van der Waals surface area contributed by atoms with Crippen LogP contribution in [-0.4, -0.2) is 39.8 Å². The molecule has 0 amide bonds. The molecule has 0 fully saturated rings. The number of methoxy groups -OCH3 is 1. The van der Waals surface area contributed by atoms with Crippen molar-refractivity contribution < 1.29 is 9.47 Å². The second-order valence-electron chi connectivity index (χ2n) is 5.53. The minimum atomic E-state index is -0.0128. The fourth-order valence-electron chi connectivity index (χ4n) is 2.40. The zero-order valence-electron chi connectivity index (χ0n) is 15.4. The van der Waals surface area contributed by atoms with Crippen molar-refractivity contribution in [1.82, 2.24) is 10.6 Å². The summed E-state index contributed by atoms with van der Waals surface area (Å²) in [5, 5.41) is 6.59. The molecule has 0 aliphatic carbocycles. The van der Waals surface area contributed by atoms with Crippen LogP contribution < -0.4 is 15.4 Å². The highest BCUT2D eigenvalue weighted by molar-refractivity contribution is 14.0. The predicted molar refractivity (Wildman–Crippen MR) is 118 cm³/mol. The molecule has 0 aliphatic heterocycles. The number of guanidine groups is 1. The van der Waals surface area contributed by atoms with Gasteiger partial charge in [0.05, 0.1) is 12.7 Å². The standard InChI is InChI=1S/C20H27N3O2.HI/c1-21-20(22-14-9-15-25-18-12-7-4-8-13-18)23-16-19(24-2)17-10-5-3-6-11-17;/h3-8,10-13,19H,9,14-16H2,1-2H3,(H2,21,22,23);1H. The van der Waals surface area contributed by atoms with Gasteiger partial charge in [0, 0.05) is 27.2 Å². The molecule has 1 unspecified atom stereocenters. The first-order chi connectivity index (χ1) is 12.3. The van der Waals surface area contributed by atoms with Crippen LogP contribution in [0.15, 0.2) is 65.7 Å². The van der Waals surface area contributed by atoms with Crippen LogP contribution in [0.2, 0.25) is 0 Å². The maximum absolute atomic E-state index is 5.67. The van der Waals surface area contributed by atoms with Gasteiger partial charge in [-0.25, -0.2) is 0 Å². The van der Waals surface area contributed by atoms with E-state index in [-0.39, 0.29) is 30.1 Å². The molecule has 2 rings (SSSR count). The lowest BCUT2D eigenvalue weighted by Gasteiger charge is -2.18. The molecule has 1 atom stereocenters. The number of benzene rings is 2. The number of para-hydroxylation sites is 1. The van der Waals surface area contributed by atoms with E-state index in [9.17, 15) is 0 Å². The molecule has 0 spiro atoms. The van der Waals surface area contributed by atoms with Crippen molar-refractivity contribution in [2.24, 2.45) is 4.99 Å². The Bertz CT molecular complexity index is 623. The third-order valence-electron chi connectivity index (χ3n) is 3.76. The normalized spacial score (nSPS) is 12.0. The number of nitrogens with zero attached hydrogens (tertiary/aromatic N) is 1. The molecule has 0 saturated heterocycles. The summed E-state index contributed by atoms with van der Waals surface area (Å²) in [5.41, 5.74) is 1.14. The van der Waals surface area contributed by atoms with Gasteiger partial charge in [-0.3, -0.25) is 4.99 Å². The average Bonchev–Trinajstić information content (AvgIpc) is 2.68. The van der Waals surface area contributed by atoms with Crippen molar-refractivity contribution in [3.63, 3.8) is 0 Å². The maximum atomic E-state index is 5.67. The molecular weight excluding hydrogens is 441 g/mol. The molecule has 142 valence electrons. The Hall–Kier alpha value is -1.80. The summed E-state index contributed by atoms with van der Waals surface area (Å²) in [6, 6.07) is 20.0. The summed E-state index contributed by atoms with van der Waals surface area (Å²) in [4.78, 5) is 4.24. The third-order valence-corrected chi connectivity index (χ3v) is 3.76. The molecule has 2 aromatic carbocycles. The Morgan fingerprint density at radius 3 is 2.27 bits per heavy atom. The van der Waals surface area contributed by atoms with Crippen LogP contribution in [-0.2, 0) is 4.74 Å². The quantitative estimate of drug-likeness (QED) is 0.255. The van der Waals surface area contributed by atoms with Crippen molar-refractivity contribution in [1.29, 1.82) is 0 Å². The van der Waals surface area contributed by atoms with Crippen LogP contribution >= 0.6 is 24.0 Å². The molecule has 0 saturated carbocycles. The largest absolute Gasteiger partial charge is 0.494 e. The number of halogens is 1. The van der Waals surface area contributed by atoms with Gasteiger partial charge in [-0.05, 0) is 24.1 Å². The zero-order chi connectivity index (χ0) is 17.7. The zero-order valence-corrected chi connectivity index (χ0v) is 17.7. The van der Waals surface area contributed by atoms with Gasteiger partial charge in [0.2, 0.25) is 0 Å². The van der Waals surface area contributed by atoms with Gasteiger partial charge < -0.3 is 20.1 Å². The number of hydrogen-bond acceptors (Lipinski definition) is 3. The fourth-order valence-corrected chi connectivity index (χ4v) is 2.40. The van der Waals surface area contributed by atoms with E-state index < -0.39 is 0 Å². The Labute approximate surface area is 173 Å². The molecule has 26 heavy (non-hydrogen) atoms. The highest BCUT2D eigenvalue weighted by atomic mass is 127. The summed E-state index contributed by atoms with van der Waals surface area (Å²) >= 11 is 0. The van der Waals surface area contributed by atoms with Crippen LogP contribution in [0.1, 0.15) is 18.1 Å². The van der Waals surface area contributed by atoms with E-state index in [0.717, 1.165) is 30.2 Å². The lowest BCUT2D eigenvalue weighted by Crippen LogP contribution is -2.40. The molecule has 5 nitrogen and oxygen atoms in total. The van der Waals surface area contributed by atoms with E-state index in [1.807, 2.05) is 48.5 Å². The van der Waals surface area contributed by atoms with E-state index in [0.29, 0.717) is 13.2 Å². The van der Waals surface area contributed by atoms with E-state index in [1.165, 1.54) is 0 Å². The molecule has 0 aromatic heterocycles. The monoisotopic (exact) mass is 469 g/mol. The number of nitrogens with one attached hydrogen (secondary N) is 2. The predicted octanol–water partition coefficient (Wildman–Crippen LogP) is 3.63. The van der Waals surface area contributed by atoms with Crippen molar-refractivity contribution in [2.45, 2.75) is 12.5 Å². The number of hydrogen-bond donors (Lipinski definition) is 2. The van der Waals surface area contributed by atoms with Gasteiger partial charge in [-0.15, -0.1) is 24.0 Å². The minimum Gasteiger partial charge on any atom is -0.494 e. The van der Waals surface area contributed by atoms with Gasteiger partial charge in [0.1, 0.15) is 5.75 Å². The van der Waals surface area contributed by atoms with Crippen LogP contribution in [0.3, 0.4) is 0 Å². The molecule has 2 N–H and O–H groups in total. The molecular formula is C20H28IN3O2. The first kappa shape index (κ1) is 22.2. The Balaban J connectivity index is 0.00000338. The van der Waals surface area contributed by atoms with Crippen LogP contribution in [0, 0.1) is 0 Å². The van der Waals surface area contributed by atoms with Crippen molar-refractivity contribution >= 4 is 29.9 Å². The third kappa shape index (κ3) is 8.05. The minimum absolute atomic E-state index is 0. The summed E-state index contributed by atoms with van der Waals surface area (Å²) < 4.78 is 11.2. The molecule has 0 radical (unpaired) electrons. The lowest BCUT2D eigenvalue weighted by molar-refractivity contribution is 0.106. The number of aliphatic imine (C=N–C) groups is 1. The molecule has 0 aliphatic rings. The Kier molecular flexibility index (Phi) is 11.5. The van der Waals surface area contributed by atoms with Gasteiger partial charge in [-0.1, -0.05) is 48.5 Å². The number of ether oxygens (including phenoxy) is 2. The highest BCUT2D eigenvalue weighted by Crippen LogP contribution is 2.14. The van der Waals surface area contributed by atoms with E-state index in [4.69, 9.17) is 9.47 Å². The summed E-state index contributed by atoms with van der Waals surface area (Å²) in [5.74, 6) is 1.66. The lowest BCUT2D eigenvalue weighted by atomic mass is 10.1. The van der Waals surface area contributed by atoms with Crippen molar-refractivity contribution in [3.05, 3.63) is 66.2 Å². The second kappa shape index (κ2) is 13.4. The summed E-state index contributed by atoms with van der Waals surface area (Å²) in [7, 11) is 3.48. The Morgan fingerprint density at radius 2 is 1.65 bits per heavy atom. The first-order valence-electron chi connectivity index (χ1n) is 8.53.